The Morgan fingerprint density at radius 2 is 1.83 bits per heavy atom. The Bertz CT molecular complexity index is 1020. The maximum Gasteiger partial charge on any atom is 0.293 e. The number of rotatable bonds is 7. The second-order valence-corrected chi connectivity index (χ2v) is 11.7. The number of nitrogens with zero attached hydrogens (tertiary/aromatic N) is 1. The van der Waals surface area contributed by atoms with Crippen LogP contribution in [0.3, 0.4) is 0 Å². The molecule has 2 aromatic carbocycles. The van der Waals surface area contributed by atoms with Gasteiger partial charge in [-0.1, -0.05) is 18.2 Å². The zero-order chi connectivity index (χ0) is 21.7. The maximum atomic E-state index is 12.6. The van der Waals surface area contributed by atoms with Crippen LogP contribution in [0.2, 0.25) is 0 Å². The van der Waals surface area contributed by atoms with Crippen LogP contribution in [-0.4, -0.2) is 44.8 Å². The minimum atomic E-state index is -4.25. The monoisotopic (exact) mass is 449 g/mol. The smallest absolute Gasteiger partial charge is 0.293 e. The van der Waals surface area contributed by atoms with Crippen molar-refractivity contribution in [3.63, 3.8) is 0 Å². The summed E-state index contributed by atoms with van der Waals surface area (Å²) in [4.78, 5) is 22.8. The number of hydrogen-bond donors (Lipinski definition) is 2. The minimum absolute atomic E-state index is 0.121. The number of nitro benzene ring substituents is 1. The van der Waals surface area contributed by atoms with Gasteiger partial charge in [-0.15, -0.1) is 7.92 Å². The van der Waals surface area contributed by atoms with Crippen LogP contribution in [0.1, 0.15) is 23.2 Å². The maximum absolute atomic E-state index is 12.6. The fraction of sp³-hybridized carbons (Fsp3) is 0.350. The van der Waals surface area contributed by atoms with E-state index in [1.807, 2.05) is 4.72 Å². The SMILES string of the molecule is CP1CCC(CNc2ccc(S(=O)(=O)NC(=O)c3ccccc3)cc2[N+](=O)[O-])CC1. The zero-order valence-corrected chi connectivity index (χ0v) is 18.3. The molecule has 1 saturated heterocycles. The van der Waals surface area contributed by atoms with Crippen molar-refractivity contribution in [3.8, 4) is 0 Å². The molecule has 2 N–H and O–H groups in total. The van der Waals surface area contributed by atoms with Crippen molar-refractivity contribution in [1.82, 2.24) is 4.72 Å². The Morgan fingerprint density at radius 1 is 1.17 bits per heavy atom. The van der Waals surface area contributed by atoms with Crippen molar-refractivity contribution in [1.29, 1.82) is 0 Å². The van der Waals surface area contributed by atoms with Gasteiger partial charge >= 0.3 is 0 Å². The summed E-state index contributed by atoms with van der Waals surface area (Å²) in [7, 11) is -4.13. The van der Waals surface area contributed by atoms with Crippen LogP contribution in [0.25, 0.3) is 0 Å². The van der Waals surface area contributed by atoms with Crippen LogP contribution in [-0.2, 0) is 10.0 Å². The van der Waals surface area contributed by atoms with Gasteiger partial charge in [0, 0.05) is 18.2 Å². The molecule has 1 aliphatic rings. The van der Waals surface area contributed by atoms with Crippen molar-refractivity contribution in [2.24, 2.45) is 5.92 Å². The minimum Gasteiger partial charge on any atom is -0.379 e. The first kappa shape index (κ1) is 22.2. The molecule has 0 radical (unpaired) electrons. The van der Waals surface area contributed by atoms with Crippen LogP contribution in [0.4, 0.5) is 11.4 Å². The average Bonchev–Trinajstić information content (AvgIpc) is 2.73. The van der Waals surface area contributed by atoms with Gasteiger partial charge in [0.2, 0.25) is 0 Å². The van der Waals surface area contributed by atoms with Gasteiger partial charge in [-0.25, -0.2) is 13.1 Å². The van der Waals surface area contributed by atoms with Gasteiger partial charge < -0.3 is 5.32 Å². The van der Waals surface area contributed by atoms with Gasteiger partial charge in [0.25, 0.3) is 21.6 Å². The zero-order valence-electron chi connectivity index (χ0n) is 16.6. The summed E-state index contributed by atoms with van der Waals surface area (Å²) in [6.07, 6.45) is 4.62. The highest BCUT2D eigenvalue weighted by atomic mass is 32.2. The lowest BCUT2D eigenvalue weighted by Gasteiger charge is -2.26. The molecule has 0 aliphatic carbocycles. The van der Waals surface area contributed by atoms with E-state index in [4.69, 9.17) is 0 Å². The molecule has 0 aromatic heterocycles. The largest absolute Gasteiger partial charge is 0.379 e. The number of amides is 1. The lowest BCUT2D eigenvalue weighted by molar-refractivity contribution is -0.384. The third-order valence-corrected chi connectivity index (χ3v) is 8.53. The normalized spacial score (nSPS) is 19.1. The molecule has 3 rings (SSSR count). The van der Waals surface area contributed by atoms with E-state index in [-0.39, 0.29) is 29.8 Å². The van der Waals surface area contributed by atoms with Gasteiger partial charge in [0.15, 0.2) is 0 Å². The summed E-state index contributed by atoms with van der Waals surface area (Å²) in [6.45, 7) is 2.90. The second kappa shape index (κ2) is 9.53. The molecule has 10 heteroatoms. The molecule has 0 spiro atoms. The molecule has 8 nitrogen and oxygen atoms in total. The number of benzene rings is 2. The van der Waals surface area contributed by atoms with E-state index in [1.165, 1.54) is 36.6 Å². The van der Waals surface area contributed by atoms with Crippen molar-refractivity contribution in [2.75, 3.05) is 30.9 Å². The predicted molar refractivity (Wildman–Crippen MR) is 118 cm³/mol. The number of nitrogens with one attached hydrogen (secondary N) is 2. The van der Waals surface area contributed by atoms with Gasteiger partial charge in [0.05, 0.1) is 9.82 Å². The van der Waals surface area contributed by atoms with Crippen molar-refractivity contribution < 1.29 is 18.1 Å². The van der Waals surface area contributed by atoms with Crippen molar-refractivity contribution >= 4 is 35.2 Å². The Balaban J connectivity index is 1.75. The highest BCUT2D eigenvalue weighted by molar-refractivity contribution is 7.90. The first-order valence-corrected chi connectivity index (χ1v) is 13.2. The topological polar surface area (TPSA) is 118 Å². The molecule has 0 bridgehead atoms. The van der Waals surface area contributed by atoms with E-state index >= 15 is 0 Å². The summed E-state index contributed by atoms with van der Waals surface area (Å²) >= 11 is 0. The first-order chi connectivity index (χ1) is 14.3. The molecule has 0 saturated carbocycles. The highest BCUT2D eigenvalue weighted by Crippen LogP contribution is 2.40. The first-order valence-electron chi connectivity index (χ1n) is 9.59. The van der Waals surface area contributed by atoms with E-state index in [9.17, 15) is 23.3 Å². The Morgan fingerprint density at radius 3 is 2.47 bits per heavy atom. The van der Waals surface area contributed by atoms with Crippen LogP contribution in [0.5, 0.6) is 0 Å². The molecular weight excluding hydrogens is 425 g/mol. The van der Waals surface area contributed by atoms with Crippen molar-refractivity contribution in [3.05, 3.63) is 64.2 Å². The average molecular weight is 449 g/mol. The molecule has 2 aromatic rings. The predicted octanol–water partition coefficient (Wildman–Crippen LogP) is 3.65. The van der Waals surface area contributed by atoms with E-state index in [1.54, 1.807) is 18.2 Å². The van der Waals surface area contributed by atoms with Crippen LogP contribution in [0, 0.1) is 16.0 Å². The van der Waals surface area contributed by atoms with Gasteiger partial charge in [-0.3, -0.25) is 14.9 Å². The number of sulfonamides is 1. The Hall–Kier alpha value is -2.51. The molecule has 0 atom stereocenters. The van der Waals surface area contributed by atoms with Crippen molar-refractivity contribution in [2.45, 2.75) is 17.7 Å². The Labute approximate surface area is 177 Å². The number of nitro groups is 1. The number of anilines is 1. The number of hydrogen-bond acceptors (Lipinski definition) is 6. The quantitative estimate of drug-likeness (QED) is 0.378. The standard InChI is InChI=1S/C20H24N3O5PS/c1-29-11-9-15(10-12-29)14-21-18-8-7-17(13-19(18)23(25)26)30(27,28)22-20(24)16-5-3-2-4-6-16/h2-8,13,15,21H,9-12,14H2,1H3,(H,22,24). The highest BCUT2D eigenvalue weighted by Gasteiger charge is 2.24. The summed E-state index contributed by atoms with van der Waals surface area (Å²) in [5.41, 5.74) is 0.119. The molecule has 30 heavy (non-hydrogen) atoms. The summed E-state index contributed by atoms with van der Waals surface area (Å²) in [6, 6.07) is 11.5. The molecule has 1 amide bonds. The summed E-state index contributed by atoms with van der Waals surface area (Å²) in [5, 5.41) is 14.6. The molecule has 1 fully saturated rings. The van der Waals surface area contributed by atoms with Gasteiger partial charge in [0.1, 0.15) is 5.69 Å². The lowest BCUT2D eigenvalue weighted by atomic mass is 10.0. The van der Waals surface area contributed by atoms with Crippen LogP contribution >= 0.6 is 7.92 Å². The second-order valence-electron chi connectivity index (χ2n) is 7.36. The van der Waals surface area contributed by atoms with Gasteiger partial charge in [-0.05, 0) is 62.0 Å². The molecular formula is C20H24N3O5PS. The third kappa shape index (κ3) is 5.55. The lowest BCUT2D eigenvalue weighted by Crippen LogP contribution is -2.30. The van der Waals surface area contributed by atoms with Crippen LogP contribution < -0.4 is 10.0 Å². The fourth-order valence-electron chi connectivity index (χ4n) is 3.33. The molecule has 1 aliphatic heterocycles. The number of carbonyl (C=O) groups excluding carboxylic acids is 1. The number of carbonyl (C=O) groups is 1. The Kier molecular flexibility index (Phi) is 7.05. The van der Waals surface area contributed by atoms with Crippen LogP contribution in [0.15, 0.2) is 53.4 Å². The van der Waals surface area contributed by atoms with E-state index in [0.717, 1.165) is 18.9 Å². The van der Waals surface area contributed by atoms with E-state index < -0.39 is 20.9 Å². The van der Waals surface area contributed by atoms with Gasteiger partial charge in [-0.2, -0.15) is 0 Å². The fourth-order valence-corrected chi connectivity index (χ4v) is 6.16. The summed E-state index contributed by atoms with van der Waals surface area (Å²) in [5.74, 6) is -0.342. The third-order valence-electron chi connectivity index (χ3n) is 5.16. The molecule has 1 heterocycles. The van der Waals surface area contributed by atoms with E-state index in [0.29, 0.717) is 12.5 Å². The summed E-state index contributed by atoms with van der Waals surface area (Å²) < 4.78 is 27.1. The molecule has 0 unspecified atom stereocenters. The van der Waals surface area contributed by atoms with E-state index in [2.05, 4.69) is 12.0 Å². The molecule has 160 valence electrons.